The molecule has 1 aromatic rings. The number of hydrogen-bond acceptors (Lipinski definition) is 4. The number of unbranched alkanes of at least 4 members (excludes halogenated alkanes) is 1. The second kappa shape index (κ2) is 11.3. The van der Waals surface area contributed by atoms with Crippen LogP contribution in [-0.2, 0) is 9.47 Å². The van der Waals surface area contributed by atoms with Crippen molar-refractivity contribution in [1.82, 2.24) is 0 Å². The lowest BCUT2D eigenvalue weighted by atomic mass is 10.3. The molecule has 1 heterocycles. The molecule has 0 atom stereocenters. The molecule has 5 nitrogen and oxygen atoms in total. The van der Waals surface area contributed by atoms with E-state index >= 15 is 0 Å². The third-order valence-corrected chi connectivity index (χ3v) is 3.87. The summed E-state index contributed by atoms with van der Waals surface area (Å²) in [6.07, 6.45) is 2.21. The van der Waals surface area contributed by atoms with Crippen molar-refractivity contribution in [2.75, 3.05) is 59.3 Å². The molecule has 5 heteroatoms. The third kappa shape index (κ3) is 7.68. The summed E-state index contributed by atoms with van der Waals surface area (Å²) >= 11 is 0. The largest absolute Gasteiger partial charge is 0.493 e. The minimum Gasteiger partial charge on any atom is -0.493 e. The van der Waals surface area contributed by atoms with Gasteiger partial charge in [-0.1, -0.05) is 19.4 Å². The summed E-state index contributed by atoms with van der Waals surface area (Å²) in [6, 6.07) is 7.81. The zero-order chi connectivity index (χ0) is 16.2. The lowest BCUT2D eigenvalue weighted by molar-refractivity contribution is -0.908. The van der Waals surface area contributed by atoms with Crippen LogP contribution in [0, 0.1) is 0 Å². The Hall–Kier alpha value is -1.30. The van der Waals surface area contributed by atoms with Gasteiger partial charge in [-0.2, -0.15) is 0 Å². The fourth-order valence-corrected chi connectivity index (χ4v) is 2.44. The Kier molecular flexibility index (Phi) is 8.84. The van der Waals surface area contributed by atoms with Gasteiger partial charge in [0.05, 0.1) is 33.0 Å². The molecule has 1 aliphatic heterocycles. The zero-order valence-electron chi connectivity index (χ0n) is 14.2. The highest BCUT2D eigenvalue weighted by Crippen LogP contribution is 2.19. The second-order valence-corrected chi connectivity index (χ2v) is 5.75. The summed E-state index contributed by atoms with van der Waals surface area (Å²) in [4.78, 5) is 1.56. The van der Waals surface area contributed by atoms with Gasteiger partial charge in [-0.3, -0.25) is 0 Å². The number of ether oxygens (including phenoxy) is 4. The van der Waals surface area contributed by atoms with Crippen LogP contribution in [0.15, 0.2) is 24.3 Å². The maximum absolute atomic E-state index is 5.71. The second-order valence-electron chi connectivity index (χ2n) is 5.75. The molecule has 2 rings (SSSR count). The van der Waals surface area contributed by atoms with Crippen molar-refractivity contribution in [3.63, 3.8) is 0 Å². The highest BCUT2D eigenvalue weighted by Gasteiger charge is 2.12. The van der Waals surface area contributed by atoms with Crippen molar-refractivity contribution in [2.45, 2.75) is 19.8 Å². The van der Waals surface area contributed by atoms with E-state index in [2.05, 4.69) is 6.92 Å². The molecule has 1 saturated heterocycles. The van der Waals surface area contributed by atoms with Crippen molar-refractivity contribution < 1.29 is 23.8 Å². The van der Waals surface area contributed by atoms with E-state index in [1.165, 1.54) is 0 Å². The first-order valence-corrected chi connectivity index (χ1v) is 8.73. The molecule has 0 unspecified atom stereocenters. The molecule has 0 amide bonds. The van der Waals surface area contributed by atoms with E-state index in [4.69, 9.17) is 18.9 Å². The number of nitrogens with one attached hydrogen (secondary N) is 1. The first-order chi connectivity index (χ1) is 11.4. The topological polar surface area (TPSA) is 41.4 Å². The summed E-state index contributed by atoms with van der Waals surface area (Å²) in [6.45, 7) is 9.83. The van der Waals surface area contributed by atoms with Gasteiger partial charge in [0, 0.05) is 6.07 Å². The smallest absolute Gasteiger partial charge is 0.123 e. The Bertz CT molecular complexity index is 421. The maximum Gasteiger partial charge on any atom is 0.123 e. The molecule has 23 heavy (non-hydrogen) atoms. The number of rotatable bonds is 11. The van der Waals surface area contributed by atoms with Crippen LogP contribution in [0.2, 0.25) is 0 Å². The molecule has 0 bridgehead atoms. The normalized spacial score (nSPS) is 15.5. The zero-order valence-corrected chi connectivity index (χ0v) is 14.2. The van der Waals surface area contributed by atoms with Crippen LogP contribution in [0.3, 0.4) is 0 Å². The lowest BCUT2D eigenvalue weighted by Gasteiger charge is -2.23. The molecule has 0 aliphatic carbocycles. The summed E-state index contributed by atoms with van der Waals surface area (Å²) < 4.78 is 22.4. The predicted molar refractivity (Wildman–Crippen MR) is 89.5 cm³/mol. The maximum atomic E-state index is 5.71. The van der Waals surface area contributed by atoms with Gasteiger partial charge in [0.2, 0.25) is 0 Å². The number of benzene rings is 1. The van der Waals surface area contributed by atoms with Gasteiger partial charge in [-0.05, 0) is 18.6 Å². The molecule has 130 valence electrons. The van der Waals surface area contributed by atoms with Gasteiger partial charge in [-0.25, -0.2) is 0 Å². The quantitative estimate of drug-likeness (QED) is 0.621. The van der Waals surface area contributed by atoms with E-state index in [1.807, 2.05) is 24.3 Å². The van der Waals surface area contributed by atoms with Crippen molar-refractivity contribution in [3.8, 4) is 11.5 Å². The monoisotopic (exact) mass is 324 g/mol. The molecule has 1 aromatic carbocycles. The van der Waals surface area contributed by atoms with Crippen molar-refractivity contribution >= 4 is 0 Å². The standard InChI is InChI=1S/C18H29NO4/c1-2-3-10-22-17-5-4-6-18(16-17)23-15-14-21-13-9-19-7-11-20-12-8-19/h4-6,16H,2-3,7-15H2,1H3/p+1. The van der Waals surface area contributed by atoms with Crippen molar-refractivity contribution in [2.24, 2.45) is 0 Å². The van der Waals surface area contributed by atoms with Crippen LogP contribution in [0.5, 0.6) is 11.5 Å². The van der Waals surface area contributed by atoms with E-state index in [0.717, 1.165) is 70.4 Å². The average Bonchev–Trinajstić information content (AvgIpc) is 2.59. The molecule has 1 N–H and O–H groups in total. The van der Waals surface area contributed by atoms with Crippen LogP contribution in [0.25, 0.3) is 0 Å². The van der Waals surface area contributed by atoms with Crippen molar-refractivity contribution in [3.05, 3.63) is 24.3 Å². The van der Waals surface area contributed by atoms with Gasteiger partial charge in [-0.15, -0.1) is 0 Å². The van der Waals surface area contributed by atoms with Crippen LogP contribution in [-0.4, -0.2) is 59.3 Å². The van der Waals surface area contributed by atoms with Gasteiger partial charge >= 0.3 is 0 Å². The Balaban J connectivity index is 1.54. The number of morpholine rings is 1. The predicted octanol–water partition coefficient (Wildman–Crippen LogP) is 1.18. The lowest BCUT2D eigenvalue weighted by Crippen LogP contribution is -3.14. The van der Waals surface area contributed by atoms with Crippen LogP contribution < -0.4 is 14.4 Å². The van der Waals surface area contributed by atoms with Gasteiger partial charge in [0.25, 0.3) is 0 Å². The fraction of sp³-hybridized carbons (Fsp3) is 0.667. The summed E-state index contributed by atoms with van der Waals surface area (Å²) in [5, 5.41) is 0. The van der Waals surface area contributed by atoms with E-state index in [1.54, 1.807) is 4.90 Å². The molecule has 0 spiro atoms. The molecule has 1 aliphatic rings. The summed E-state index contributed by atoms with van der Waals surface area (Å²) in [5.74, 6) is 1.70. The highest BCUT2D eigenvalue weighted by atomic mass is 16.5. The van der Waals surface area contributed by atoms with Gasteiger partial charge < -0.3 is 23.8 Å². The minimum absolute atomic E-state index is 0.566. The minimum atomic E-state index is 0.566. The third-order valence-electron chi connectivity index (χ3n) is 3.87. The first kappa shape index (κ1) is 18.0. The van der Waals surface area contributed by atoms with Crippen LogP contribution in [0.4, 0.5) is 0 Å². The van der Waals surface area contributed by atoms with Crippen LogP contribution >= 0.6 is 0 Å². The Morgan fingerprint density at radius 1 is 1.00 bits per heavy atom. The Morgan fingerprint density at radius 2 is 1.74 bits per heavy atom. The average molecular weight is 324 g/mol. The summed E-state index contributed by atoms with van der Waals surface area (Å²) in [5.41, 5.74) is 0. The first-order valence-electron chi connectivity index (χ1n) is 8.73. The van der Waals surface area contributed by atoms with Gasteiger partial charge in [0.15, 0.2) is 0 Å². The number of quaternary nitrogens is 1. The number of hydrogen-bond donors (Lipinski definition) is 1. The molecular formula is C18H30NO4+. The van der Waals surface area contributed by atoms with Crippen LogP contribution in [0.1, 0.15) is 19.8 Å². The van der Waals surface area contributed by atoms with Crippen molar-refractivity contribution in [1.29, 1.82) is 0 Å². The summed E-state index contributed by atoms with van der Waals surface area (Å²) in [7, 11) is 0. The van der Waals surface area contributed by atoms with E-state index < -0.39 is 0 Å². The van der Waals surface area contributed by atoms with E-state index in [-0.39, 0.29) is 0 Å². The van der Waals surface area contributed by atoms with E-state index in [9.17, 15) is 0 Å². The SMILES string of the molecule is CCCCOc1cccc(OCCOCC[NH+]2CCOCC2)c1. The fourth-order valence-electron chi connectivity index (χ4n) is 2.44. The highest BCUT2D eigenvalue weighted by molar-refractivity contribution is 5.32. The molecular weight excluding hydrogens is 294 g/mol. The van der Waals surface area contributed by atoms with E-state index in [0.29, 0.717) is 13.2 Å². The Morgan fingerprint density at radius 3 is 2.48 bits per heavy atom. The Labute approximate surface area is 139 Å². The van der Waals surface area contributed by atoms with Gasteiger partial charge in [0.1, 0.15) is 37.7 Å². The molecule has 0 aromatic heterocycles. The molecule has 0 saturated carbocycles. The molecule has 1 fully saturated rings. The molecule has 0 radical (unpaired) electrons.